The molecule has 0 radical (unpaired) electrons. The van der Waals surface area contributed by atoms with E-state index < -0.39 is 5.82 Å². The number of benzene rings is 1. The second kappa shape index (κ2) is 6.00. The van der Waals surface area contributed by atoms with Gasteiger partial charge in [-0.3, -0.25) is 4.98 Å². The minimum absolute atomic E-state index is 0.0901. The molecule has 0 aliphatic rings. The number of fused-ring (bicyclic) bond motifs is 1. The van der Waals surface area contributed by atoms with Crippen LogP contribution in [0, 0.1) is 5.82 Å². The van der Waals surface area contributed by atoms with Crippen LogP contribution in [0.4, 0.5) is 4.39 Å². The summed E-state index contributed by atoms with van der Waals surface area (Å²) >= 11 is 11.7. The number of alkyl halides is 1. The van der Waals surface area contributed by atoms with Crippen molar-refractivity contribution in [2.45, 2.75) is 13.0 Å². The largest absolute Gasteiger partial charge is 0.323 e. The molecule has 2 heterocycles. The molecule has 0 N–H and O–H groups in total. The highest BCUT2D eigenvalue weighted by Crippen LogP contribution is 2.25. The summed E-state index contributed by atoms with van der Waals surface area (Å²) < 4.78 is 15.6. The molecule has 0 aliphatic carbocycles. The molecular weight excluding hydrogens is 312 g/mol. The topological polar surface area (TPSA) is 30.7 Å². The maximum Gasteiger partial charge on any atom is 0.144 e. The highest BCUT2D eigenvalue weighted by Gasteiger charge is 2.13. The monoisotopic (exact) mass is 323 g/mol. The van der Waals surface area contributed by atoms with Crippen molar-refractivity contribution in [1.29, 1.82) is 0 Å². The molecule has 0 aliphatic heterocycles. The number of imidazole rings is 1. The quantitative estimate of drug-likeness (QED) is 0.678. The van der Waals surface area contributed by atoms with Gasteiger partial charge in [0, 0.05) is 30.8 Å². The Hall–Kier alpha value is -1.65. The van der Waals surface area contributed by atoms with Crippen LogP contribution in [0.15, 0.2) is 36.7 Å². The van der Waals surface area contributed by atoms with Crippen molar-refractivity contribution < 1.29 is 4.39 Å². The maximum absolute atomic E-state index is 13.6. The normalized spacial score (nSPS) is 11.2. The Morgan fingerprint density at radius 3 is 2.86 bits per heavy atom. The minimum Gasteiger partial charge on any atom is -0.323 e. The number of halogens is 3. The highest BCUT2D eigenvalue weighted by molar-refractivity contribution is 6.31. The van der Waals surface area contributed by atoms with Crippen LogP contribution in [0.1, 0.15) is 11.4 Å². The second-order valence-electron chi connectivity index (χ2n) is 4.67. The average Bonchev–Trinajstić information content (AvgIpc) is 2.79. The van der Waals surface area contributed by atoms with Crippen molar-refractivity contribution in [2.24, 2.45) is 0 Å². The van der Waals surface area contributed by atoms with E-state index in [1.165, 1.54) is 6.07 Å². The molecule has 0 saturated carbocycles. The van der Waals surface area contributed by atoms with Gasteiger partial charge in [0.05, 0.1) is 22.6 Å². The molecule has 6 heteroatoms. The lowest BCUT2D eigenvalue weighted by molar-refractivity contribution is 0.629. The fourth-order valence-electron chi connectivity index (χ4n) is 2.30. The van der Waals surface area contributed by atoms with E-state index >= 15 is 0 Å². The molecule has 0 fully saturated rings. The summed E-state index contributed by atoms with van der Waals surface area (Å²) in [5.74, 6) is 0.796. The van der Waals surface area contributed by atoms with Crippen LogP contribution in [0.3, 0.4) is 0 Å². The third-order valence-corrected chi connectivity index (χ3v) is 3.73. The van der Waals surface area contributed by atoms with Crippen molar-refractivity contribution in [2.75, 3.05) is 5.88 Å². The molecular formula is C15H12Cl2FN3. The number of hydrogen-bond donors (Lipinski definition) is 0. The molecule has 3 rings (SSSR count). The van der Waals surface area contributed by atoms with Crippen molar-refractivity contribution in [3.63, 3.8) is 0 Å². The van der Waals surface area contributed by atoms with Crippen molar-refractivity contribution in [3.8, 4) is 0 Å². The summed E-state index contributed by atoms with van der Waals surface area (Å²) in [7, 11) is 0. The van der Waals surface area contributed by atoms with E-state index in [2.05, 4.69) is 9.97 Å². The summed E-state index contributed by atoms with van der Waals surface area (Å²) in [6.07, 6.45) is 4.12. The minimum atomic E-state index is -0.465. The standard InChI is InChI=1S/C15H12Cl2FN3/c16-4-3-15-20-13-7-12(18)11(17)6-14(13)21(15)9-10-2-1-5-19-8-10/h1-2,5-8H,3-4,9H2. The molecule has 2 aromatic heterocycles. The van der Waals surface area contributed by atoms with Crippen LogP contribution in [0.5, 0.6) is 0 Å². The Kier molecular flexibility index (Phi) is 4.08. The summed E-state index contributed by atoms with van der Waals surface area (Å²) in [4.78, 5) is 8.57. The van der Waals surface area contributed by atoms with Crippen molar-refractivity contribution >= 4 is 34.2 Å². The molecule has 0 atom stereocenters. The molecule has 0 unspecified atom stereocenters. The number of aryl methyl sites for hydroxylation is 1. The molecule has 1 aromatic carbocycles. The van der Waals surface area contributed by atoms with E-state index in [-0.39, 0.29) is 5.02 Å². The van der Waals surface area contributed by atoms with Gasteiger partial charge in [-0.2, -0.15) is 0 Å². The molecule has 3 nitrogen and oxygen atoms in total. The first-order valence-electron chi connectivity index (χ1n) is 6.48. The van der Waals surface area contributed by atoms with Gasteiger partial charge in [0.25, 0.3) is 0 Å². The second-order valence-corrected chi connectivity index (χ2v) is 5.45. The van der Waals surface area contributed by atoms with Gasteiger partial charge in [0.15, 0.2) is 0 Å². The van der Waals surface area contributed by atoms with Gasteiger partial charge >= 0.3 is 0 Å². The molecule has 3 aromatic rings. The highest BCUT2D eigenvalue weighted by atomic mass is 35.5. The molecule has 21 heavy (non-hydrogen) atoms. The predicted molar refractivity (Wildman–Crippen MR) is 82.5 cm³/mol. The maximum atomic E-state index is 13.6. The lowest BCUT2D eigenvalue weighted by Gasteiger charge is -2.08. The van der Waals surface area contributed by atoms with Crippen LogP contribution in [0.2, 0.25) is 5.02 Å². The van der Waals surface area contributed by atoms with Gasteiger partial charge in [0.2, 0.25) is 0 Å². The molecule has 0 amide bonds. The van der Waals surface area contributed by atoms with Crippen LogP contribution in [-0.2, 0) is 13.0 Å². The Bertz CT molecular complexity index is 771. The summed E-state index contributed by atoms with van der Waals surface area (Å²) in [5.41, 5.74) is 2.42. The van der Waals surface area contributed by atoms with Gasteiger partial charge in [-0.15, -0.1) is 11.6 Å². The zero-order valence-corrected chi connectivity index (χ0v) is 12.6. The Labute approximate surface area is 131 Å². The number of nitrogens with zero attached hydrogens (tertiary/aromatic N) is 3. The Morgan fingerprint density at radius 2 is 2.14 bits per heavy atom. The fourth-order valence-corrected chi connectivity index (χ4v) is 2.62. The first-order valence-corrected chi connectivity index (χ1v) is 7.39. The molecule has 0 bridgehead atoms. The lowest BCUT2D eigenvalue weighted by atomic mass is 10.2. The Morgan fingerprint density at radius 1 is 1.29 bits per heavy atom. The van der Waals surface area contributed by atoms with Crippen LogP contribution in [-0.4, -0.2) is 20.4 Å². The van der Waals surface area contributed by atoms with Gasteiger partial charge in [-0.05, 0) is 17.7 Å². The Balaban J connectivity index is 2.13. The van der Waals surface area contributed by atoms with E-state index in [0.717, 1.165) is 16.9 Å². The first-order chi connectivity index (χ1) is 10.2. The van der Waals surface area contributed by atoms with E-state index in [1.807, 2.05) is 16.7 Å². The molecule has 0 spiro atoms. The molecule has 0 saturated heterocycles. The number of pyridine rings is 1. The summed E-state index contributed by atoms with van der Waals surface area (Å²) in [6.45, 7) is 0.596. The van der Waals surface area contributed by atoms with Gasteiger partial charge in [-0.25, -0.2) is 9.37 Å². The average molecular weight is 324 g/mol. The van der Waals surface area contributed by atoms with Gasteiger partial charge in [-0.1, -0.05) is 17.7 Å². The zero-order chi connectivity index (χ0) is 14.8. The third-order valence-electron chi connectivity index (χ3n) is 3.25. The molecule has 108 valence electrons. The number of aromatic nitrogens is 3. The SMILES string of the molecule is Fc1cc2nc(CCCl)n(Cc3cccnc3)c2cc1Cl. The first kappa shape index (κ1) is 14.3. The van der Waals surface area contributed by atoms with Gasteiger partial charge in [0.1, 0.15) is 11.6 Å². The predicted octanol–water partition coefficient (Wildman–Crippen LogP) is 4.05. The van der Waals surface area contributed by atoms with E-state index in [9.17, 15) is 4.39 Å². The lowest BCUT2D eigenvalue weighted by Crippen LogP contribution is -2.06. The number of rotatable bonds is 4. The summed E-state index contributed by atoms with van der Waals surface area (Å²) in [6, 6.07) is 6.82. The van der Waals surface area contributed by atoms with Crippen molar-refractivity contribution in [1.82, 2.24) is 14.5 Å². The smallest absolute Gasteiger partial charge is 0.144 e. The summed E-state index contributed by atoms with van der Waals surface area (Å²) in [5, 5.41) is 0.0901. The number of hydrogen-bond acceptors (Lipinski definition) is 2. The van der Waals surface area contributed by atoms with Crippen LogP contribution < -0.4 is 0 Å². The van der Waals surface area contributed by atoms with Crippen molar-refractivity contribution in [3.05, 3.63) is 58.9 Å². The van der Waals surface area contributed by atoms with Crippen LogP contribution in [0.25, 0.3) is 11.0 Å². The van der Waals surface area contributed by atoms with E-state index in [0.29, 0.717) is 24.4 Å². The van der Waals surface area contributed by atoms with E-state index in [4.69, 9.17) is 23.2 Å². The zero-order valence-electron chi connectivity index (χ0n) is 11.1. The van der Waals surface area contributed by atoms with Gasteiger partial charge < -0.3 is 4.57 Å². The third kappa shape index (κ3) is 2.87. The fraction of sp³-hybridized carbons (Fsp3) is 0.200. The van der Waals surface area contributed by atoms with E-state index in [1.54, 1.807) is 18.5 Å². The van der Waals surface area contributed by atoms with Crippen LogP contribution >= 0.6 is 23.2 Å².